The summed E-state index contributed by atoms with van der Waals surface area (Å²) >= 11 is 0. The van der Waals surface area contributed by atoms with Gasteiger partial charge in [-0.05, 0) is 45.0 Å². The normalized spacial score (nSPS) is 10.9. The molecule has 0 spiro atoms. The molecular weight excluding hydrogens is 440 g/mol. The molecule has 0 aromatic heterocycles. The minimum absolute atomic E-state index is 0.0888. The summed E-state index contributed by atoms with van der Waals surface area (Å²) in [5, 5.41) is 0. The molecule has 11 heteroatoms. The van der Waals surface area contributed by atoms with Gasteiger partial charge in [-0.2, -0.15) is 0 Å². The molecule has 32 heavy (non-hydrogen) atoms. The number of carbonyl (C=O) groups excluding carboxylic acids is 1. The molecule has 176 valence electrons. The van der Waals surface area contributed by atoms with Gasteiger partial charge in [0, 0.05) is 11.6 Å². The Hall–Kier alpha value is -3.18. The summed E-state index contributed by atoms with van der Waals surface area (Å²) < 4.78 is 52.5. The number of rotatable bonds is 12. The number of sulfonamides is 1. The van der Waals surface area contributed by atoms with E-state index in [0.29, 0.717) is 42.8 Å². The molecule has 0 aliphatic rings. The van der Waals surface area contributed by atoms with Gasteiger partial charge in [0.2, 0.25) is 5.75 Å². The number of hydrogen-bond acceptors (Lipinski definition) is 8. The second-order valence-electron chi connectivity index (χ2n) is 6.18. The molecule has 2 aromatic rings. The molecule has 0 radical (unpaired) electrons. The van der Waals surface area contributed by atoms with Crippen LogP contribution in [-0.2, 0) is 10.0 Å². The molecule has 2 rings (SSSR count). The predicted octanol–water partition coefficient (Wildman–Crippen LogP) is 2.52. The van der Waals surface area contributed by atoms with Crippen molar-refractivity contribution >= 4 is 15.9 Å². The van der Waals surface area contributed by atoms with E-state index in [-0.39, 0.29) is 16.2 Å². The quantitative estimate of drug-likeness (QED) is 0.456. The number of amides is 1. The highest BCUT2D eigenvalue weighted by Gasteiger charge is 2.23. The molecule has 0 atom stereocenters. The lowest BCUT2D eigenvalue weighted by atomic mass is 10.1. The highest BCUT2D eigenvalue weighted by atomic mass is 32.2. The van der Waals surface area contributed by atoms with E-state index in [1.807, 2.05) is 6.92 Å². The van der Waals surface area contributed by atoms with E-state index in [2.05, 4.69) is 10.3 Å². The fraction of sp³-hybridized carbons (Fsp3) is 0.381. The molecule has 0 saturated carbocycles. The van der Waals surface area contributed by atoms with Crippen LogP contribution in [0.4, 0.5) is 0 Å². The van der Waals surface area contributed by atoms with Gasteiger partial charge in [0.1, 0.15) is 16.4 Å². The lowest BCUT2D eigenvalue weighted by Crippen LogP contribution is -2.41. The summed E-state index contributed by atoms with van der Waals surface area (Å²) in [7, 11) is -1.43. The van der Waals surface area contributed by atoms with Crippen LogP contribution in [0.3, 0.4) is 0 Å². The zero-order valence-electron chi connectivity index (χ0n) is 18.7. The van der Waals surface area contributed by atoms with Gasteiger partial charge in [0.05, 0.1) is 34.0 Å². The van der Waals surface area contributed by atoms with E-state index in [1.165, 1.54) is 38.5 Å². The number of methoxy groups -OCH3 is 2. The number of hydrazine groups is 1. The van der Waals surface area contributed by atoms with Crippen LogP contribution in [0, 0.1) is 0 Å². The van der Waals surface area contributed by atoms with Crippen molar-refractivity contribution in [3.63, 3.8) is 0 Å². The standard InChI is InChI=1S/C21H28N2O8S/c1-6-29-17-11-14(12-18(30-7-2)20(17)31-8-3)21(24)22-23-32(25,26)19-13-15(27-4)9-10-16(19)28-5/h9-13,23H,6-8H2,1-5H3,(H,22,24). The SMILES string of the molecule is CCOc1cc(C(=O)NNS(=O)(=O)c2cc(OC)ccc2OC)cc(OCC)c1OCC. The molecule has 0 aliphatic carbocycles. The van der Waals surface area contributed by atoms with E-state index in [1.54, 1.807) is 19.9 Å². The number of nitrogens with one attached hydrogen (secondary N) is 2. The van der Waals surface area contributed by atoms with Crippen molar-refractivity contribution in [2.24, 2.45) is 0 Å². The summed E-state index contributed by atoms with van der Waals surface area (Å²) in [5.74, 6) is 0.665. The van der Waals surface area contributed by atoms with Gasteiger partial charge in [0.15, 0.2) is 11.5 Å². The van der Waals surface area contributed by atoms with Crippen LogP contribution in [0.15, 0.2) is 35.2 Å². The summed E-state index contributed by atoms with van der Waals surface area (Å²) in [6.45, 7) is 6.43. The molecule has 0 aliphatic heterocycles. The summed E-state index contributed by atoms with van der Waals surface area (Å²) in [4.78, 5) is 14.6. The Morgan fingerprint density at radius 3 is 1.94 bits per heavy atom. The highest BCUT2D eigenvalue weighted by molar-refractivity contribution is 7.89. The molecule has 0 saturated heterocycles. The maximum absolute atomic E-state index is 12.8. The second-order valence-corrected chi connectivity index (χ2v) is 7.83. The highest BCUT2D eigenvalue weighted by Crippen LogP contribution is 2.39. The number of benzene rings is 2. The molecule has 0 heterocycles. The topological polar surface area (TPSA) is 121 Å². The summed E-state index contributed by atoms with van der Waals surface area (Å²) in [6, 6.07) is 7.19. The van der Waals surface area contributed by atoms with Crippen molar-refractivity contribution in [2.45, 2.75) is 25.7 Å². The molecular formula is C21H28N2O8S. The first kappa shape index (κ1) is 25.1. The lowest BCUT2D eigenvalue weighted by molar-refractivity contribution is 0.0944. The molecule has 0 bridgehead atoms. The first-order valence-electron chi connectivity index (χ1n) is 9.91. The van der Waals surface area contributed by atoms with Crippen LogP contribution in [0.2, 0.25) is 0 Å². The maximum atomic E-state index is 12.8. The molecule has 2 aromatic carbocycles. The van der Waals surface area contributed by atoms with Gasteiger partial charge in [-0.1, -0.05) is 0 Å². The average molecular weight is 469 g/mol. The smallest absolute Gasteiger partial charge is 0.266 e. The third kappa shape index (κ3) is 5.95. The van der Waals surface area contributed by atoms with E-state index in [9.17, 15) is 13.2 Å². The average Bonchev–Trinajstić information content (AvgIpc) is 2.79. The van der Waals surface area contributed by atoms with Crippen molar-refractivity contribution in [2.75, 3.05) is 34.0 Å². The Morgan fingerprint density at radius 2 is 1.44 bits per heavy atom. The van der Waals surface area contributed by atoms with Gasteiger partial charge < -0.3 is 23.7 Å². The van der Waals surface area contributed by atoms with Gasteiger partial charge >= 0.3 is 0 Å². The third-order valence-electron chi connectivity index (χ3n) is 4.13. The Balaban J connectivity index is 2.32. The third-order valence-corrected chi connectivity index (χ3v) is 5.40. The van der Waals surface area contributed by atoms with E-state index >= 15 is 0 Å². The Morgan fingerprint density at radius 1 is 0.844 bits per heavy atom. The second kappa shape index (κ2) is 11.4. The fourth-order valence-electron chi connectivity index (χ4n) is 2.75. The van der Waals surface area contributed by atoms with Crippen molar-refractivity contribution in [1.82, 2.24) is 10.3 Å². The summed E-state index contributed by atoms with van der Waals surface area (Å²) in [5.41, 5.74) is 2.30. The summed E-state index contributed by atoms with van der Waals surface area (Å²) in [6.07, 6.45) is 0. The minimum Gasteiger partial charge on any atom is -0.497 e. The van der Waals surface area contributed by atoms with Crippen LogP contribution in [0.25, 0.3) is 0 Å². The minimum atomic E-state index is -4.17. The van der Waals surface area contributed by atoms with Crippen LogP contribution in [0.5, 0.6) is 28.7 Å². The zero-order chi connectivity index (χ0) is 23.7. The van der Waals surface area contributed by atoms with Crippen LogP contribution >= 0.6 is 0 Å². The molecule has 0 unspecified atom stereocenters. The van der Waals surface area contributed by atoms with Crippen LogP contribution in [0.1, 0.15) is 31.1 Å². The number of hydrogen-bond donors (Lipinski definition) is 2. The Kier molecular flexibility index (Phi) is 8.97. The van der Waals surface area contributed by atoms with Crippen molar-refractivity contribution in [3.05, 3.63) is 35.9 Å². The van der Waals surface area contributed by atoms with Crippen molar-refractivity contribution in [3.8, 4) is 28.7 Å². The molecule has 0 fully saturated rings. The predicted molar refractivity (Wildman–Crippen MR) is 117 cm³/mol. The van der Waals surface area contributed by atoms with Crippen LogP contribution in [-0.4, -0.2) is 48.4 Å². The van der Waals surface area contributed by atoms with Gasteiger partial charge in [0.25, 0.3) is 15.9 Å². The first-order chi connectivity index (χ1) is 15.3. The Bertz CT molecular complexity index is 1010. The van der Waals surface area contributed by atoms with E-state index in [4.69, 9.17) is 23.7 Å². The van der Waals surface area contributed by atoms with Gasteiger partial charge in [-0.25, -0.2) is 8.42 Å². The van der Waals surface area contributed by atoms with E-state index in [0.717, 1.165) is 0 Å². The lowest BCUT2D eigenvalue weighted by Gasteiger charge is -2.17. The van der Waals surface area contributed by atoms with Gasteiger partial charge in [-0.3, -0.25) is 10.2 Å². The van der Waals surface area contributed by atoms with Crippen molar-refractivity contribution < 1.29 is 36.9 Å². The van der Waals surface area contributed by atoms with Crippen molar-refractivity contribution in [1.29, 1.82) is 0 Å². The first-order valence-corrected chi connectivity index (χ1v) is 11.4. The zero-order valence-corrected chi connectivity index (χ0v) is 19.5. The van der Waals surface area contributed by atoms with E-state index < -0.39 is 15.9 Å². The molecule has 2 N–H and O–H groups in total. The maximum Gasteiger partial charge on any atom is 0.266 e. The molecule has 1 amide bonds. The number of ether oxygens (including phenoxy) is 5. The monoisotopic (exact) mass is 468 g/mol. The largest absolute Gasteiger partial charge is 0.497 e. The number of carbonyl (C=O) groups is 1. The Labute approximate surface area is 187 Å². The van der Waals surface area contributed by atoms with Crippen LogP contribution < -0.4 is 33.9 Å². The molecule has 10 nitrogen and oxygen atoms in total. The van der Waals surface area contributed by atoms with Gasteiger partial charge in [-0.15, -0.1) is 4.83 Å². The fourth-order valence-corrected chi connectivity index (χ4v) is 3.78.